The van der Waals surface area contributed by atoms with Crippen molar-refractivity contribution >= 4 is 11.6 Å². The third-order valence-electron chi connectivity index (χ3n) is 4.48. The van der Waals surface area contributed by atoms with Gasteiger partial charge in [-0.3, -0.25) is 4.79 Å². The van der Waals surface area contributed by atoms with Crippen molar-refractivity contribution in [2.24, 2.45) is 0 Å². The molecule has 0 unspecified atom stereocenters. The summed E-state index contributed by atoms with van der Waals surface area (Å²) in [5, 5.41) is 10.1. The number of fused-ring (bicyclic) bond motifs is 1. The van der Waals surface area contributed by atoms with E-state index in [1.165, 1.54) is 24.3 Å². The van der Waals surface area contributed by atoms with E-state index in [2.05, 4.69) is 4.90 Å². The van der Waals surface area contributed by atoms with Crippen molar-refractivity contribution in [3.8, 4) is 17.2 Å². The van der Waals surface area contributed by atoms with E-state index in [9.17, 15) is 14.3 Å². The van der Waals surface area contributed by atoms with Crippen molar-refractivity contribution in [1.82, 2.24) is 4.90 Å². The Bertz CT molecular complexity index is 801. The monoisotopic (exact) mass is 344 g/mol. The maximum absolute atomic E-state index is 13.0. The number of amides is 1. The molecule has 1 fully saturated rings. The van der Waals surface area contributed by atoms with E-state index >= 15 is 0 Å². The summed E-state index contributed by atoms with van der Waals surface area (Å²) in [5.41, 5.74) is 1.14. The van der Waals surface area contributed by atoms with E-state index in [4.69, 9.17) is 9.47 Å². The van der Waals surface area contributed by atoms with Gasteiger partial charge in [0.2, 0.25) is 6.79 Å². The molecule has 1 N–H and O–H groups in total. The van der Waals surface area contributed by atoms with Crippen LogP contribution in [0.3, 0.4) is 0 Å². The topological polar surface area (TPSA) is 62.2 Å². The molecule has 0 radical (unpaired) electrons. The summed E-state index contributed by atoms with van der Waals surface area (Å²) in [7, 11) is 0. The first-order valence-corrected chi connectivity index (χ1v) is 8.04. The Balaban J connectivity index is 1.46. The average molecular weight is 344 g/mol. The molecule has 2 heterocycles. The van der Waals surface area contributed by atoms with Crippen molar-refractivity contribution in [2.75, 3.05) is 37.9 Å². The van der Waals surface area contributed by atoms with Crippen LogP contribution in [0.5, 0.6) is 17.2 Å². The maximum atomic E-state index is 13.0. The highest BCUT2D eigenvalue weighted by Crippen LogP contribution is 2.38. The first-order valence-electron chi connectivity index (χ1n) is 8.04. The molecule has 2 aromatic rings. The number of hydrogen-bond acceptors (Lipinski definition) is 5. The van der Waals surface area contributed by atoms with Gasteiger partial charge in [0.15, 0.2) is 11.5 Å². The number of anilines is 1. The van der Waals surface area contributed by atoms with Gasteiger partial charge in [0, 0.05) is 44.0 Å². The number of halogens is 1. The van der Waals surface area contributed by atoms with Crippen LogP contribution in [0.15, 0.2) is 36.4 Å². The lowest BCUT2D eigenvalue weighted by Gasteiger charge is -2.36. The maximum Gasteiger partial charge on any atom is 0.257 e. The van der Waals surface area contributed by atoms with Gasteiger partial charge in [0.25, 0.3) is 5.91 Å². The third kappa shape index (κ3) is 2.93. The molecule has 0 spiro atoms. The smallest absolute Gasteiger partial charge is 0.257 e. The normalized spacial score (nSPS) is 16.2. The highest BCUT2D eigenvalue weighted by Gasteiger charge is 2.27. The zero-order valence-electron chi connectivity index (χ0n) is 13.4. The Morgan fingerprint density at radius 2 is 1.64 bits per heavy atom. The number of nitrogens with zero attached hydrogens (tertiary/aromatic N) is 2. The van der Waals surface area contributed by atoms with Gasteiger partial charge in [-0.15, -0.1) is 0 Å². The van der Waals surface area contributed by atoms with Gasteiger partial charge in [0.05, 0.1) is 5.56 Å². The highest BCUT2D eigenvalue weighted by molar-refractivity contribution is 5.97. The van der Waals surface area contributed by atoms with Gasteiger partial charge >= 0.3 is 0 Å². The molecule has 2 aliphatic heterocycles. The molecule has 2 aliphatic rings. The van der Waals surface area contributed by atoms with Gasteiger partial charge in [-0.25, -0.2) is 4.39 Å². The zero-order valence-corrected chi connectivity index (χ0v) is 13.4. The molecule has 25 heavy (non-hydrogen) atoms. The molecular weight excluding hydrogens is 327 g/mol. The minimum Gasteiger partial charge on any atom is -0.507 e. The van der Waals surface area contributed by atoms with Gasteiger partial charge in [-0.1, -0.05) is 0 Å². The number of rotatable bonds is 2. The SMILES string of the molecule is O=C(c1cc2c(cc1O)OCO2)N1CCN(c2ccc(F)cc2)CC1. The second kappa shape index (κ2) is 6.16. The summed E-state index contributed by atoms with van der Waals surface area (Å²) in [6.45, 7) is 2.41. The Kier molecular flexibility index (Phi) is 3.83. The Morgan fingerprint density at radius 3 is 2.32 bits per heavy atom. The fraction of sp³-hybridized carbons (Fsp3) is 0.278. The largest absolute Gasteiger partial charge is 0.507 e. The number of carbonyl (C=O) groups is 1. The van der Waals surface area contributed by atoms with Crippen molar-refractivity contribution in [3.05, 3.63) is 47.8 Å². The van der Waals surface area contributed by atoms with Crippen molar-refractivity contribution in [3.63, 3.8) is 0 Å². The second-order valence-electron chi connectivity index (χ2n) is 5.98. The molecule has 0 aromatic heterocycles. The predicted molar refractivity (Wildman–Crippen MR) is 88.7 cm³/mol. The fourth-order valence-electron chi connectivity index (χ4n) is 3.09. The Hall–Kier alpha value is -2.96. The summed E-state index contributed by atoms with van der Waals surface area (Å²) in [6.07, 6.45) is 0. The van der Waals surface area contributed by atoms with E-state index in [0.29, 0.717) is 37.7 Å². The molecule has 0 aliphatic carbocycles. The molecular formula is C18H17FN2O4. The summed E-state index contributed by atoms with van der Waals surface area (Å²) in [4.78, 5) is 16.5. The Labute approximate surface area is 144 Å². The van der Waals surface area contributed by atoms with Crippen molar-refractivity contribution in [1.29, 1.82) is 0 Å². The lowest BCUT2D eigenvalue weighted by Crippen LogP contribution is -2.48. The van der Waals surface area contributed by atoms with Crippen molar-refractivity contribution < 1.29 is 23.8 Å². The fourth-order valence-corrected chi connectivity index (χ4v) is 3.09. The van der Waals surface area contributed by atoms with Gasteiger partial charge in [-0.2, -0.15) is 0 Å². The highest BCUT2D eigenvalue weighted by atomic mass is 19.1. The molecule has 130 valence electrons. The van der Waals surface area contributed by atoms with Gasteiger partial charge in [0.1, 0.15) is 11.6 Å². The zero-order chi connectivity index (χ0) is 17.4. The summed E-state index contributed by atoms with van der Waals surface area (Å²) < 4.78 is 23.5. The molecule has 0 atom stereocenters. The predicted octanol–water partition coefficient (Wildman–Crippen LogP) is 2.22. The number of piperazine rings is 1. The molecule has 2 aromatic carbocycles. The lowest BCUT2D eigenvalue weighted by molar-refractivity contribution is 0.0743. The van der Waals surface area contributed by atoms with Crippen LogP contribution >= 0.6 is 0 Å². The molecule has 0 bridgehead atoms. The number of carbonyl (C=O) groups excluding carboxylic acids is 1. The van der Waals surface area contributed by atoms with Crippen LogP contribution in [0, 0.1) is 5.82 Å². The second-order valence-corrected chi connectivity index (χ2v) is 5.98. The van der Waals surface area contributed by atoms with Crippen LogP contribution in [0.1, 0.15) is 10.4 Å². The van der Waals surface area contributed by atoms with Crippen LogP contribution in [-0.4, -0.2) is 48.9 Å². The van der Waals surface area contributed by atoms with E-state index in [1.807, 2.05) is 0 Å². The summed E-state index contributed by atoms with van der Waals surface area (Å²) in [5.74, 6) is 0.280. The number of hydrogen-bond donors (Lipinski definition) is 1. The van der Waals surface area contributed by atoms with Crippen LogP contribution in [0.25, 0.3) is 0 Å². The van der Waals surface area contributed by atoms with Crippen LogP contribution in [0.4, 0.5) is 10.1 Å². The third-order valence-corrected chi connectivity index (χ3v) is 4.48. The molecule has 7 heteroatoms. The quantitative estimate of drug-likeness (QED) is 0.905. The lowest BCUT2D eigenvalue weighted by atomic mass is 10.1. The van der Waals surface area contributed by atoms with Crippen LogP contribution < -0.4 is 14.4 Å². The van der Waals surface area contributed by atoms with E-state index in [1.54, 1.807) is 17.0 Å². The Morgan fingerprint density at radius 1 is 1.00 bits per heavy atom. The van der Waals surface area contributed by atoms with E-state index in [-0.39, 0.29) is 29.8 Å². The number of aromatic hydroxyl groups is 1. The number of phenolic OH excluding ortho intramolecular Hbond substituents is 1. The number of ether oxygens (including phenoxy) is 2. The minimum atomic E-state index is -0.268. The first kappa shape index (κ1) is 15.6. The standard InChI is InChI=1S/C18H17FN2O4/c19-12-1-3-13(4-2-12)20-5-7-21(8-6-20)18(23)14-9-16-17(10-15(14)22)25-11-24-16/h1-4,9-10,22H,5-8,11H2. The van der Waals surface area contributed by atoms with Crippen molar-refractivity contribution in [2.45, 2.75) is 0 Å². The molecule has 1 amide bonds. The van der Waals surface area contributed by atoms with Crippen LogP contribution in [-0.2, 0) is 0 Å². The molecule has 4 rings (SSSR count). The number of benzene rings is 2. The van der Waals surface area contributed by atoms with E-state index in [0.717, 1.165) is 5.69 Å². The molecule has 0 saturated carbocycles. The van der Waals surface area contributed by atoms with Gasteiger partial charge < -0.3 is 24.4 Å². The van der Waals surface area contributed by atoms with Crippen LogP contribution in [0.2, 0.25) is 0 Å². The van der Waals surface area contributed by atoms with Gasteiger partial charge in [-0.05, 0) is 24.3 Å². The number of phenols is 1. The molecule has 1 saturated heterocycles. The summed E-state index contributed by atoms with van der Waals surface area (Å²) in [6, 6.07) is 9.25. The minimum absolute atomic E-state index is 0.0861. The molecule has 6 nitrogen and oxygen atoms in total. The average Bonchev–Trinajstić information content (AvgIpc) is 3.08. The van der Waals surface area contributed by atoms with E-state index < -0.39 is 0 Å². The first-order chi connectivity index (χ1) is 12.1. The summed E-state index contributed by atoms with van der Waals surface area (Å²) >= 11 is 0.